The number of fused-ring (bicyclic) bond motifs is 4. The smallest absolute Gasteiger partial charge is 0.336 e. The number of carbonyl (C=O) groups excluding carboxylic acids is 2. The van der Waals surface area contributed by atoms with Crippen molar-refractivity contribution in [3.8, 4) is 0 Å². The van der Waals surface area contributed by atoms with Crippen molar-refractivity contribution in [1.82, 2.24) is 0 Å². The van der Waals surface area contributed by atoms with Crippen LogP contribution in [0.4, 0.5) is 0 Å². The lowest BCUT2D eigenvalue weighted by Gasteiger charge is -2.59. The Morgan fingerprint density at radius 3 is 2.65 bits per heavy atom. The first-order chi connectivity index (χ1) is 16.1. The van der Waals surface area contributed by atoms with Crippen LogP contribution in [-0.2, 0) is 28.5 Å². The van der Waals surface area contributed by atoms with Crippen LogP contribution in [0.25, 0.3) is 0 Å². The highest BCUT2D eigenvalue weighted by Crippen LogP contribution is 2.79. The molecule has 0 aromatic heterocycles. The van der Waals surface area contributed by atoms with Crippen LogP contribution < -0.4 is 0 Å². The summed E-state index contributed by atoms with van der Waals surface area (Å²) < 4.78 is 25.3. The Morgan fingerprint density at radius 1 is 1.03 bits per heavy atom. The van der Waals surface area contributed by atoms with Gasteiger partial charge in [0, 0.05) is 17.8 Å². The van der Waals surface area contributed by atoms with Gasteiger partial charge in [-0.3, -0.25) is 4.79 Å². The predicted octanol–water partition coefficient (Wildman–Crippen LogP) is 3.53. The molecular weight excluding hydrogens is 432 g/mol. The van der Waals surface area contributed by atoms with Crippen molar-refractivity contribution < 1.29 is 28.5 Å². The van der Waals surface area contributed by atoms with E-state index in [2.05, 4.69) is 20.4 Å². The Hall–Kier alpha value is -1.50. The Bertz CT molecular complexity index is 1100. The van der Waals surface area contributed by atoms with Crippen LogP contribution in [0.3, 0.4) is 0 Å². The second-order valence-electron chi connectivity index (χ2n) is 13.1. The van der Waals surface area contributed by atoms with Gasteiger partial charge in [0.15, 0.2) is 5.78 Å². The molecule has 34 heavy (non-hydrogen) atoms. The standard InChI is InChI=1S/C28H34O6/c1-14-23(30)32-19-12-25(14,3)31-13-15(19)17-10-22-28(34-22)18-11-21-27(33-21)8-5-6-20(29)26(27,4)16(18)7-9-24(17,28)2/h5-6,15-19,21-22H,1,7-13H2,2-4H3. The van der Waals surface area contributed by atoms with E-state index in [1.165, 1.54) is 0 Å². The fraction of sp³-hybridized carbons (Fsp3) is 0.786. The van der Waals surface area contributed by atoms with Gasteiger partial charge in [-0.15, -0.1) is 0 Å². The third-order valence-corrected chi connectivity index (χ3v) is 12.4. The molecule has 0 aromatic rings. The van der Waals surface area contributed by atoms with E-state index in [1.807, 2.05) is 19.1 Å². The third kappa shape index (κ3) is 1.96. The Balaban J connectivity index is 1.15. The minimum Gasteiger partial charge on any atom is -0.458 e. The summed E-state index contributed by atoms with van der Waals surface area (Å²) in [5.41, 5.74) is -1.10. The van der Waals surface area contributed by atoms with Gasteiger partial charge in [-0.25, -0.2) is 4.79 Å². The average Bonchev–Trinajstić information content (AvgIpc) is 3.67. The van der Waals surface area contributed by atoms with Gasteiger partial charge in [-0.1, -0.05) is 19.6 Å². The fourth-order valence-corrected chi connectivity index (χ4v) is 10.3. The number of ether oxygens (including phenoxy) is 4. The third-order valence-electron chi connectivity index (χ3n) is 12.4. The van der Waals surface area contributed by atoms with Gasteiger partial charge in [0.05, 0.1) is 29.8 Å². The molecule has 0 amide bonds. The first-order valence-electron chi connectivity index (χ1n) is 13.2. The first kappa shape index (κ1) is 20.7. The minimum atomic E-state index is -0.607. The highest BCUT2D eigenvalue weighted by Gasteiger charge is 2.86. The molecule has 0 N–H and O–H groups in total. The number of ketones is 1. The zero-order chi connectivity index (χ0) is 23.5. The van der Waals surface area contributed by atoms with Gasteiger partial charge in [0.1, 0.15) is 22.9 Å². The number of allylic oxidation sites excluding steroid dienone is 1. The first-order valence-corrected chi connectivity index (χ1v) is 13.2. The van der Waals surface area contributed by atoms with Crippen molar-refractivity contribution in [2.75, 3.05) is 6.61 Å². The van der Waals surface area contributed by atoms with E-state index < -0.39 is 11.0 Å². The molecule has 4 aliphatic heterocycles. The molecule has 8 aliphatic rings. The molecule has 12 atom stereocenters. The molecule has 12 unspecified atom stereocenters. The van der Waals surface area contributed by atoms with Gasteiger partial charge >= 0.3 is 5.97 Å². The van der Waals surface area contributed by atoms with E-state index in [0.29, 0.717) is 36.4 Å². The lowest BCUT2D eigenvalue weighted by atomic mass is 9.44. The van der Waals surface area contributed by atoms with Crippen LogP contribution in [0.1, 0.15) is 59.3 Å². The summed E-state index contributed by atoms with van der Waals surface area (Å²) in [4.78, 5) is 25.9. The molecule has 2 spiro atoms. The molecule has 4 saturated heterocycles. The van der Waals surface area contributed by atoms with E-state index in [9.17, 15) is 9.59 Å². The van der Waals surface area contributed by atoms with E-state index in [4.69, 9.17) is 18.9 Å². The largest absolute Gasteiger partial charge is 0.458 e. The van der Waals surface area contributed by atoms with E-state index in [1.54, 1.807) is 0 Å². The van der Waals surface area contributed by atoms with Crippen molar-refractivity contribution in [1.29, 1.82) is 0 Å². The number of esters is 1. The Kier molecular flexibility index (Phi) is 3.48. The molecule has 7 fully saturated rings. The van der Waals surface area contributed by atoms with Crippen molar-refractivity contribution in [2.24, 2.45) is 34.5 Å². The van der Waals surface area contributed by atoms with Gasteiger partial charge < -0.3 is 18.9 Å². The summed E-state index contributed by atoms with van der Waals surface area (Å²) in [6.07, 6.45) is 9.68. The molecule has 0 radical (unpaired) electrons. The summed E-state index contributed by atoms with van der Waals surface area (Å²) >= 11 is 0. The number of hydrogen-bond acceptors (Lipinski definition) is 6. The van der Waals surface area contributed by atoms with Crippen LogP contribution in [0.15, 0.2) is 24.3 Å². The molecule has 0 aromatic carbocycles. The molecule has 3 saturated carbocycles. The number of hydrogen-bond donors (Lipinski definition) is 0. The molecule has 6 heteroatoms. The van der Waals surface area contributed by atoms with Crippen molar-refractivity contribution in [3.05, 3.63) is 24.3 Å². The summed E-state index contributed by atoms with van der Waals surface area (Å²) in [5, 5.41) is 0. The highest BCUT2D eigenvalue weighted by molar-refractivity contribution is 5.97. The zero-order valence-corrected chi connectivity index (χ0v) is 20.3. The minimum absolute atomic E-state index is 0.0136. The maximum atomic E-state index is 13.4. The summed E-state index contributed by atoms with van der Waals surface area (Å²) in [7, 11) is 0. The van der Waals surface area contributed by atoms with Crippen molar-refractivity contribution in [2.45, 2.75) is 94.4 Å². The maximum Gasteiger partial charge on any atom is 0.336 e. The zero-order valence-electron chi connectivity index (χ0n) is 20.3. The predicted molar refractivity (Wildman–Crippen MR) is 121 cm³/mol. The molecule has 4 heterocycles. The summed E-state index contributed by atoms with van der Waals surface area (Å²) in [5.74, 6) is 1.12. The highest BCUT2D eigenvalue weighted by atomic mass is 16.6. The topological polar surface area (TPSA) is 77.7 Å². The summed E-state index contributed by atoms with van der Waals surface area (Å²) in [6.45, 7) is 11.1. The Labute approximate surface area is 200 Å². The van der Waals surface area contributed by atoms with Gasteiger partial charge in [0.2, 0.25) is 0 Å². The second kappa shape index (κ2) is 5.73. The molecule has 4 aliphatic carbocycles. The lowest BCUT2D eigenvalue weighted by Crippen LogP contribution is -2.64. The molecule has 6 nitrogen and oxygen atoms in total. The van der Waals surface area contributed by atoms with Gasteiger partial charge in [-0.05, 0) is 69.8 Å². The summed E-state index contributed by atoms with van der Waals surface area (Å²) in [6, 6.07) is 0. The van der Waals surface area contributed by atoms with E-state index in [0.717, 1.165) is 32.1 Å². The molecule has 8 rings (SSSR count). The SMILES string of the molecule is C=C1C(=O)OC2CC1(C)OCC2C1CC2OC23C2CC4OC45CC=CC(=O)C5(C)C2CCC13C. The van der Waals surface area contributed by atoms with Crippen LogP contribution in [0, 0.1) is 34.5 Å². The van der Waals surface area contributed by atoms with Gasteiger partial charge in [-0.2, -0.15) is 0 Å². The van der Waals surface area contributed by atoms with Crippen molar-refractivity contribution in [3.63, 3.8) is 0 Å². The van der Waals surface area contributed by atoms with E-state index >= 15 is 0 Å². The number of carbonyl (C=O) groups is 2. The van der Waals surface area contributed by atoms with Crippen LogP contribution >= 0.6 is 0 Å². The van der Waals surface area contributed by atoms with Gasteiger partial charge in [0.25, 0.3) is 0 Å². The second-order valence-corrected chi connectivity index (χ2v) is 13.1. The average molecular weight is 467 g/mol. The van der Waals surface area contributed by atoms with Crippen LogP contribution in [-0.4, -0.2) is 53.5 Å². The number of epoxide rings is 2. The maximum absolute atomic E-state index is 13.4. The monoisotopic (exact) mass is 466 g/mol. The molecular formula is C28H34O6. The fourth-order valence-electron chi connectivity index (χ4n) is 10.3. The van der Waals surface area contributed by atoms with E-state index in [-0.39, 0.29) is 52.6 Å². The quantitative estimate of drug-likeness (QED) is 0.334. The van der Waals surface area contributed by atoms with Crippen LogP contribution in [0.5, 0.6) is 0 Å². The molecule has 2 bridgehead atoms. The number of rotatable bonds is 1. The van der Waals surface area contributed by atoms with Crippen molar-refractivity contribution >= 4 is 11.8 Å². The normalized spacial score (nSPS) is 62.6. The van der Waals surface area contributed by atoms with Crippen LogP contribution in [0.2, 0.25) is 0 Å². The Morgan fingerprint density at radius 2 is 1.82 bits per heavy atom. The molecule has 182 valence electrons. The lowest BCUT2D eigenvalue weighted by molar-refractivity contribution is -0.206.